The number of H-pyrrole nitrogens is 1. The highest BCUT2D eigenvalue weighted by molar-refractivity contribution is 7.89. The van der Waals surface area contributed by atoms with Crippen molar-refractivity contribution in [1.82, 2.24) is 37.1 Å². The molecule has 0 amide bonds. The average molecular weight is 371 g/mol. The molecular formula is C14H13N9O2S. The molecule has 6 N–H and O–H groups in total. The van der Waals surface area contributed by atoms with Crippen LogP contribution in [0.3, 0.4) is 0 Å². The van der Waals surface area contributed by atoms with Gasteiger partial charge in [0.2, 0.25) is 15.8 Å². The van der Waals surface area contributed by atoms with Crippen molar-refractivity contribution in [1.29, 1.82) is 0 Å². The van der Waals surface area contributed by atoms with Crippen LogP contribution < -0.4 is 21.6 Å². The number of nitrogens with zero attached hydrogens (tertiary/aromatic N) is 4. The van der Waals surface area contributed by atoms with Crippen molar-refractivity contribution in [2.45, 2.75) is 4.90 Å². The van der Waals surface area contributed by atoms with E-state index in [2.05, 4.69) is 42.2 Å². The number of aromatic nitrogens is 4. The van der Waals surface area contributed by atoms with Crippen LogP contribution in [0.1, 0.15) is 5.56 Å². The number of hydrogen-bond acceptors (Lipinski definition) is 9. The topological polar surface area (TPSA) is 163 Å². The molecule has 1 aromatic heterocycles. The summed E-state index contributed by atoms with van der Waals surface area (Å²) in [6.07, 6.45) is 0. The molecule has 0 bridgehead atoms. The maximum atomic E-state index is 12.0. The first-order chi connectivity index (χ1) is 12.5. The molecule has 1 aliphatic heterocycles. The molecule has 0 unspecified atom stereocenters. The smallest absolute Gasteiger partial charge is 0.238 e. The molecule has 11 nitrogen and oxygen atoms in total. The van der Waals surface area contributed by atoms with Crippen molar-refractivity contribution in [3.63, 3.8) is 0 Å². The third-order valence-electron chi connectivity index (χ3n) is 3.78. The number of hydrazine groups is 2. The van der Waals surface area contributed by atoms with Gasteiger partial charge in [-0.1, -0.05) is 36.4 Å². The maximum Gasteiger partial charge on any atom is 0.238 e. The standard InChI is InChI=1S/C14H13N9O2S/c15-26(24,25)11-3-1-2-10(12(11)14-18-22-23-19-14)8-4-6-9(7-5-8)13-16-20-21-17-13/h1-7,20-21H,(H,16,17)(H2,15,24,25)(H,18,19,22,23). The number of rotatable bonds is 4. The third kappa shape index (κ3) is 2.88. The Balaban J connectivity index is 1.86. The number of benzene rings is 2. The van der Waals surface area contributed by atoms with Gasteiger partial charge < -0.3 is 0 Å². The number of nitrogens with one attached hydrogen (secondary N) is 4. The van der Waals surface area contributed by atoms with Gasteiger partial charge in [0.15, 0.2) is 5.84 Å². The van der Waals surface area contributed by atoms with Crippen LogP contribution in [0.5, 0.6) is 0 Å². The highest BCUT2D eigenvalue weighted by Gasteiger charge is 2.22. The Hall–Kier alpha value is -3.35. The van der Waals surface area contributed by atoms with E-state index in [0.29, 0.717) is 11.4 Å². The molecule has 3 aromatic rings. The normalized spacial score (nSPS) is 13.8. The summed E-state index contributed by atoms with van der Waals surface area (Å²) in [4.78, 5) is -0.0734. The predicted molar refractivity (Wildman–Crippen MR) is 92.4 cm³/mol. The number of hydrogen-bond donors (Lipinski definition) is 5. The average Bonchev–Trinajstić information content (AvgIpc) is 3.34. The highest BCUT2D eigenvalue weighted by atomic mass is 32.2. The Morgan fingerprint density at radius 3 is 2.38 bits per heavy atom. The fraction of sp³-hybridized carbons (Fsp3) is 0. The molecule has 0 radical (unpaired) electrons. The minimum Gasteiger partial charge on any atom is -0.285 e. The van der Waals surface area contributed by atoms with Gasteiger partial charge in [0, 0.05) is 5.56 Å². The summed E-state index contributed by atoms with van der Waals surface area (Å²) in [5.74, 6) is 0.775. The third-order valence-corrected chi connectivity index (χ3v) is 4.73. The van der Waals surface area contributed by atoms with E-state index in [1.54, 1.807) is 12.1 Å². The van der Waals surface area contributed by atoms with Crippen LogP contribution in [0, 0.1) is 0 Å². The van der Waals surface area contributed by atoms with Crippen molar-refractivity contribution < 1.29 is 8.42 Å². The van der Waals surface area contributed by atoms with Crippen LogP contribution in [0.4, 0.5) is 0 Å². The van der Waals surface area contributed by atoms with Gasteiger partial charge in [0.25, 0.3) is 0 Å². The number of tetrazole rings is 1. The second-order valence-electron chi connectivity index (χ2n) is 5.36. The first-order valence-electron chi connectivity index (χ1n) is 7.38. The quantitative estimate of drug-likeness (QED) is 0.408. The molecule has 4 rings (SSSR count). The molecule has 26 heavy (non-hydrogen) atoms. The number of sulfonamides is 1. The summed E-state index contributed by atoms with van der Waals surface area (Å²) >= 11 is 0. The maximum absolute atomic E-state index is 12.0. The van der Waals surface area contributed by atoms with Crippen molar-refractivity contribution in [3.05, 3.63) is 48.0 Å². The van der Waals surface area contributed by atoms with E-state index >= 15 is 0 Å². The number of aromatic amines is 1. The van der Waals surface area contributed by atoms with Crippen LogP contribution in [0.25, 0.3) is 22.5 Å². The molecule has 0 fully saturated rings. The summed E-state index contributed by atoms with van der Waals surface area (Å²) in [6.45, 7) is 0. The van der Waals surface area contributed by atoms with E-state index in [1.165, 1.54) is 6.07 Å². The lowest BCUT2D eigenvalue weighted by Gasteiger charge is -2.11. The Labute approximate surface area is 147 Å². The molecule has 0 spiro atoms. The van der Waals surface area contributed by atoms with Crippen molar-refractivity contribution in [2.75, 3.05) is 0 Å². The summed E-state index contributed by atoms with van der Waals surface area (Å²) in [5.41, 5.74) is 10.6. The second kappa shape index (κ2) is 6.18. The largest absolute Gasteiger partial charge is 0.285 e. The number of hydrazone groups is 1. The monoisotopic (exact) mass is 371 g/mol. The van der Waals surface area contributed by atoms with Gasteiger partial charge in [0.1, 0.15) is 0 Å². The van der Waals surface area contributed by atoms with E-state index in [1.807, 2.05) is 24.3 Å². The van der Waals surface area contributed by atoms with Crippen molar-refractivity contribution in [3.8, 4) is 22.5 Å². The van der Waals surface area contributed by atoms with Gasteiger partial charge >= 0.3 is 0 Å². The van der Waals surface area contributed by atoms with Gasteiger partial charge in [0.05, 0.1) is 10.5 Å². The van der Waals surface area contributed by atoms with E-state index in [4.69, 9.17) is 5.14 Å². The van der Waals surface area contributed by atoms with Gasteiger partial charge in [-0.3, -0.25) is 5.43 Å². The summed E-state index contributed by atoms with van der Waals surface area (Å²) in [5, 5.41) is 23.1. The molecule has 1 aliphatic rings. The van der Waals surface area contributed by atoms with Gasteiger partial charge in [-0.15, -0.1) is 20.8 Å². The molecule has 0 saturated heterocycles. The van der Waals surface area contributed by atoms with Crippen LogP contribution >= 0.6 is 0 Å². The lowest BCUT2D eigenvalue weighted by Crippen LogP contribution is -2.35. The Bertz CT molecular complexity index is 1080. The lowest BCUT2D eigenvalue weighted by molar-refractivity contribution is 0.577. The van der Waals surface area contributed by atoms with Gasteiger partial charge in [-0.25, -0.2) is 19.1 Å². The minimum absolute atomic E-state index is 0.0734. The fourth-order valence-electron chi connectivity index (χ4n) is 2.65. The molecule has 2 heterocycles. The fourth-order valence-corrected chi connectivity index (χ4v) is 3.40. The predicted octanol–water partition coefficient (Wildman–Crippen LogP) is -0.545. The Morgan fingerprint density at radius 2 is 1.77 bits per heavy atom. The number of nitrogens with two attached hydrogens (primary N) is 1. The van der Waals surface area contributed by atoms with Crippen LogP contribution in [-0.2, 0) is 10.0 Å². The molecular weight excluding hydrogens is 358 g/mol. The highest BCUT2D eigenvalue weighted by Crippen LogP contribution is 2.34. The molecule has 0 aliphatic carbocycles. The lowest BCUT2D eigenvalue weighted by atomic mass is 9.98. The SMILES string of the molecule is NS(=O)(=O)c1cccc(-c2ccc(C3=NNNN3)cc2)c1-c1nn[nH]n1. The van der Waals surface area contributed by atoms with E-state index < -0.39 is 10.0 Å². The van der Waals surface area contributed by atoms with E-state index in [-0.39, 0.29) is 16.3 Å². The van der Waals surface area contributed by atoms with Crippen LogP contribution in [0.15, 0.2) is 52.5 Å². The molecule has 132 valence electrons. The first kappa shape index (κ1) is 16.1. The van der Waals surface area contributed by atoms with Crippen molar-refractivity contribution in [2.24, 2.45) is 10.2 Å². The molecule has 12 heteroatoms. The number of primary sulfonamides is 1. The Kier molecular flexibility index (Phi) is 3.84. The zero-order valence-electron chi connectivity index (χ0n) is 13.1. The van der Waals surface area contributed by atoms with Crippen molar-refractivity contribution >= 4 is 15.9 Å². The van der Waals surface area contributed by atoms with E-state index in [0.717, 1.165) is 11.1 Å². The second-order valence-corrected chi connectivity index (χ2v) is 6.89. The van der Waals surface area contributed by atoms with Crippen LogP contribution in [-0.4, -0.2) is 34.9 Å². The zero-order chi connectivity index (χ0) is 18.1. The van der Waals surface area contributed by atoms with Gasteiger partial charge in [-0.05, 0) is 22.4 Å². The molecule has 0 atom stereocenters. The summed E-state index contributed by atoms with van der Waals surface area (Å²) in [6, 6.07) is 12.2. The zero-order valence-corrected chi connectivity index (χ0v) is 13.9. The minimum atomic E-state index is -3.98. The first-order valence-corrected chi connectivity index (χ1v) is 8.93. The number of amidine groups is 1. The van der Waals surface area contributed by atoms with E-state index in [9.17, 15) is 8.42 Å². The van der Waals surface area contributed by atoms with Gasteiger partial charge in [-0.2, -0.15) is 5.21 Å². The summed E-state index contributed by atoms with van der Waals surface area (Å²) < 4.78 is 24.0. The van der Waals surface area contributed by atoms with Crippen LogP contribution in [0.2, 0.25) is 0 Å². The summed E-state index contributed by atoms with van der Waals surface area (Å²) in [7, 11) is -3.98. The Morgan fingerprint density at radius 1 is 1.00 bits per heavy atom. The molecule has 0 saturated carbocycles. The molecule has 2 aromatic carbocycles.